The van der Waals surface area contributed by atoms with Crippen molar-refractivity contribution in [1.29, 1.82) is 0 Å². The van der Waals surface area contributed by atoms with Crippen LogP contribution in [0.1, 0.15) is 38.2 Å². The maximum atomic E-state index is 13.1. The summed E-state index contributed by atoms with van der Waals surface area (Å²) in [5, 5.41) is 3.35. The number of nitrogens with zero attached hydrogens (tertiary/aromatic N) is 3. The summed E-state index contributed by atoms with van der Waals surface area (Å²) >= 11 is 0. The number of benzene rings is 3. The first kappa shape index (κ1) is 32.3. The normalized spacial score (nSPS) is 13.8. The van der Waals surface area contributed by atoms with E-state index in [0.717, 1.165) is 49.5 Å². The van der Waals surface area contributed by atoms with Gasteiger partial charge in [-0.1, -0.05) is 24.3 Å². The van der Waals surface area contributed by atoms with Crippen LogP contribution in [-0.2, 0) is 33.5 Å². The number of H-pyrrole nitrogens is 1. The standard InChI is InChI=1S/C38H39N5O5/c1-41-15-12-27(23-41)20-33-37(45)40-32(38(46)42(33)2)19-26-6-5-7-29(18-26)36(44)39-31-10-8-25(9-11-31)13-16-43-17-14-28-21-34(47-3)35(48-4)22-30(28)24-43/h5-12,15,18-23H,13-14,16-17,24H2,1-4H3,(H,39,44)(H,40,45)/b32-19-,33-20-. The van der Waals surface area contributed by atoms with Gasteiger partial charge in [0.25, 0.3) is 17.0 Å². The van der Waals surface area contributed by atoms with E-state index >= 15 is 0 Å². The molecular weight excluding hydrogens is 606 g/mol. The maximum Gasteiger partial charge on any atom is 0.274 e. The van der Waals surface area contributed by atoms with Crippen molar-refractivity contribution < 1.29 is 14.3 Å². The zero-order valence-electron chi connectivity index (χ0n) is 27.6. The lowest BCUT2D eigenvalue weighted by Gasteiger charge is -2.29. The highest BCUT2D eigenvalue weighted by atomic mass is 16.5. The SMILES string of the molecule is COc1cc2c(cc1OC)CN(CCc1ccc(NC(=O)c3cccc(/C=c4\[nH]c(=O)/c(=C/c5ccn(C)c5)n(C)c4=O)c3)cc1)CC2. The molecule has 0 saturated heterocycles. The molecule has 246 valence electrons. The van der Waals surface area contributed by atoms with Crippen LogP contribution in [0.5, 0.6) is 11.5 Å². The van der Waals surface area contributed by atoms with Crippen molar-refractivity contribution in [3.8, 4) is 11.5 Å². The number of ether oxygens (including phenoxy) is 2. The number of aryl methyl sites for hydroxylation is 1. The lowest BCUT2D eigenvalue weighted by molar-refractivity contribution is 0.102. The van der Waals surface area contributed by atoms with Gasteiger partial charge in [0, 0.05) is 57.4 Å². The monoisotopic (exact) mass is 645 g/mol. The molecule has 2 N–H and O–H groups in total. The third-order valence-electron chi connectivity index (χ3n) is 8.72. The lowest BCUT2D eigenvalue weighted by atomic mass is 9.98. The molecule has 0 bridgehead atoms. The Hall–Kier alpha value is -5.61. The van der Waals surface area contributed by atoms with Gasteiger partial charge in [0.15, 0.2) is 11.5 Å². The summed E-state index contributed by atoms with van der Waals surface area (Å²) in [6, 6.07) is 20.9. The molecule has 0 saturated carbocycles. The third kappa shape index (κ3) is 7.19. The van der Waals surface area contributed by atoms with Crippen LogP contribution in [-0.4, -0.2) is 52.2 Å². The molecule has 3 aromatic carbocycles. The number of amides is 1. The summed E-state index contributed by atoms with van der Waals surface area (Å²) in [5.74, 6) is 1.25. The first-order chi connectivity index (χ1) is 23.2. The smallest absolute Gasteiger partial charge is 0.274 e. The number of fused-ring (bicyclic) bond motifs is 1. The highest BCUT2D eigenvalue weighted by molar-refractivity contribution is 6.04. The Kier molecular flexibility index (Phi) is 9.45. The fourth-order valence-corrected chi connectivity index (χ4v) is 6.02. The number of nitrogens with one attached hydrogen (secondary N) is 2. The molecule has 10 nitrogen and oxygen atoms in total. The second kappa shape index (κ2) is 14.0. The van der Waals surface area contributed by atoms with Crippen LogP contribution in [0.25, 0.3) is 12.2 Å². The Morgan fingerprint density at radius 1 is 0.917 bits per heavy atom. The van der Waals surface area contributed by atoms with E-state index in [9.17, 15) is 14.4 Å². The van der Waals surface area contributed by atoms with Gasteiger partial charge in [0.2, 0.25) is 0 Å². The van der Waals surface area contributed by atoms with Crippen LogP contribution < -0.4 is 36.6 Å². The van der Waals surface area contributed by atoms with E-state index in [2.05, 4.69) is 27.3 Å². The van der Waals surface area contributed by atoms with Crippen molar-refractivity contribution >= 4 is 23.7 Å². The Morgan fingerprint density at radius 2 is 1.67 bits per heavy atom. The highest BCUT2D eigenvalue weighted by Gasteiger charge is 2.19. The van der Waals surface area contributed by atoms with Crippen molar-refractivity contribution in [3.63, 3.8) is 0 Å². The Morgan fingerprint density at radius 3 is 2.38 bits per heavy atom. The van der Waals surface area contributed by atoms with Gasteiger partial charge in [-0.3, -0.25) is 19.3 Å². The molecule has 1 aliphatic heterocycles. The van der Waals surface area contributed by atoms with E-state index in [-0.39, 0.29) is 27.7 Å². The Labute approximate surface area is 278 Å². The minimum Gasteiger partial charge on any atom is -0.493 e. The summed E-state index contributed by atoms with van der Waals surface area (Å²) in [5.41, 5.74) is 5.58. The van der Waals surface area contributed by atoms with Crippen LogP contribution >= 0.6 is 0 Å². The van der Waals surface area contributed by atoms with Crippen molar-refractivity contribution in [2.24, 2.45) is 14.1 Å². The zero-order valence-corrected chi connectivity index (χ0v) is 27.6. The number of carbonyl (C=O) groups excluding carboxylic acids is 1. The van der Waals surface area contributed by atoms with Crippen LogP contribution in [0, 0.1) is 0 Å². The molecule has 0 spiro atoms. The number of aromatic nitrogens is 3. The number of carbonyl (C=O) groups is 1. The molecule has 10 heteroatoms. The first-order valence-electron chi connectivity index (χ1n) is 15.8. The third-order valence-corrected chi connectivity index (χ3v) is 8.72. The Balaban J connectivity index is 1.09. The van der Waals surface area contributed by atoms with Crippen LogP contribution in [0.3, 0.4) is 0 Å². The predicted molar refractivity (Wildman–Crippen MR) is 187 cm³/mol. The number of hydrogen-bond donors (Lipinski definition) is 2. The maximum absolute atomic E-state index is 13.1. The van der Waals surface area contributed by atoms with Crippen LogP contribution in [0.2, 0.25) is 0 Å². The van der Waals surface area contributed by atoms with E-state index in [4.69, 9.17) is 9.47 Å². The molecule has 1 aliphatic rings. The molecule has 48 heavy (non-hydrogen) atoms. The molecular formula is C38H39N5O5. The molecule has 1 amide bonds. The topological polar surface area (TPSA) is 111 Å². The van der Waals surface area contributed by atoms with Crippen LogP contribution in [0.4, 0.5) is 5.69 Å². The van der Waals surface area contributed by atoms with Crippen molar-refractivity contribution in [1.82, 2.24) is 19.0 Å². The molecule has 0 aliphatic carbocycles. The van der Waals surface area contributed by atoms with E-state index in [1.807, 2.05) is 54.3 Å². The minimum atomic E-state index is -0.382. The second-order valence-corrected chi connectivity index (χ2v) is 12.0. The van der Waals surface area contributed by atoms with E-state index in [1.165, 1.54) is 21.3 Å². The average Bonchev–Trinajstić information content (AvgIpc) is 3.52. The largest absolute Gasteiger partial charge is 0.493 e. The quantitative estimate of drug-likeness (QED) is 0.255. The number of hydrogen-bond acceptors (Lipinski definition) is 6. The number of methoxy groups -OCH3 is 2. The van der Waals surface area contributed by atoms with Gasteiger partial charge in [-0.05, 0) is 95.3 Å². The van der Waals surface area contributed by atoms with Gasteiger partial charge in [-0.15, -0.1) is 0 Å². The first-order valence-corrected chi connectivity index (χ1v) is 15.8. The predicted octanol–water partition coefficient (Wildman–Crippen LogP) is 2.94. The number of rotatable bonds is 9. The van der Waals surface area contributed by atoms with Gasteiger partial charge in [-0.2, -0.15) is 0 Å². The summed E-state index contributed by atoms with van der Waals surface area (Å²) in [7, 11) is 6.78. The highest BCUT2D eigenvalue weighted by Crippen LogP contribution is 2.33. The van der Waals surface area contributed by atoms with Crippen molar-refractivity contribution in [3.05, 3.63) is 144 Å². The molecule has 6 rings (SSSR count). The second-order valence-electron chi connectivity index (χ2n) is 12.0. The van der Waals surface area contributed by atoms with Gasteiger partial charge in [0.1, 0.15) is 10.7 Å². The summed E-state index contributed by atoms with van der Waals surface area (Å²) in [6.45, 7) is 2.77. The summed E-state index contributed by atoms with van der Waals surface area (Å²) in [6.07, 6.45) is 8.84. The summed E-state index contributed by atoms with van der Waals surface area (Å²) in [4.78, 5) is 44.3. The lowest BCUT2D eigenvalue weighted by Crippen LogP contribution is -2.52. The number of anilines is 1. The molecule has 0 atom stereocenters. The van der Waals surface area contributed by atoms with E-state index < -0.39 is 0 Å². The fraction of sp³-hybridized carbons (Fsp3) is 0.237. The van der Waals surface area contributed by atoms with Crippen molar-refractivity contribution in [2.45, 2.75) is 19.4 Å². The van der Waals surface area contributed by atoms with Gasteiger partial charge in [0.05, 0.1) is 14.2 Å². The van der Waals surface area contributed by atoms with Gasteiger partial charge >= 0.3 is 0 Å². The molecule has 0 unspecified atom stereocenters. The molecule has 3 heterocycles. The van der Waals surface area contributed by atoms with E-state index in [1.54, 1.807) is 57.7 Å². The number of aromatic amines is 1. The molecule has 2 aromatic heterocycles. The van der Waals surface area contributed by atoms with E-state index in [0.29, 0.717) is 16.8 Å². The molecule has 0 radical (unpaired) electrons. The van der Waals surface area contributed by atoms with Crippen LogP contribution in [0.15, 0.2) is 88.7 Å². The molecule has 5 aromatic rings. The van der Waals surface area contributed by atoms with Gasteiger partial charge in [-0.25, -0.2) is 0 Å². The minimum absolute atomic E-state index is 0.134. The zero-order chi connectivity index (χ0) is 33.8. The molecule has 0 fully saturated rings. The van der Waals surface area contributed by atoms with Crippen molar-refractivity contribution in [2.75, 3.05) is 32.6 Å². The van der Waals surface area contributed by atoms with Gasteiger partial charge < -0.3 is 28.9 Å². The fourth-order valence-electron chi connectivity index (χ4n) is 6.02. The Bertz CT molecular complexity index is 2210. The average molecular weight is 646 g/mol. The summed E-state index contributed by atoms with van der Waals surface area (Å²) < 4.78 is 14.2.